The lowest BCUT2D eigenvalue weighted by molar-refractivity contribution is 1.44. The van der Waals surface area contributed by atoms with Gasteiger partial charge in [0.25, 0.3) is 0 Å². The van der Waals surface area contributed by atoms with Crippen molar-refractivity contribution in [1.29, 1.82) is 0 Å². The van der Waals surface area contributed by atoms with Gasteiger partial charge in [-0.1, -0.05) is 48.6 Å². The highest BCUT2D eigenvalue weighted by atomic mass is 14.0. The van der Waals surface area contributed by atoms with Gasteiger partial charge in [0.2, 0.25) is 0 Å². The van der Waals surface area contributed by atoms with Gasteiger partial charge in [-0.25, -0.2) is 0 Å². The number of benzene rings is 1. The van der Waals surface area contributed by atoms with Gasteiger partial charge in [-0.2, -0.15) is 0 Å². The van der Waals surface area contributed by atoms with E-state index in [1.54, 1.807) is 0 Å². The van der Waals surface area contributed by atoms with Crippen LogP contribution < -0.4 is 0 Å². The van der Waals surface area contributed by atoms with Crippen LogP contribution in [0.1, 0.15) is 18.1 Å². The average molecular weight is 158 g/mol. The molecule has 0 aliphatic carbocycles. The van der Waals surface area contributed by atoms with E-state index in [1.165, 1.54) is 16.7 Å². The normalized spacial score (nSPS) is 11.3. The van der Waals surface area contributed by atoms with Crippen molar-refractivity contribution in [2.24, 2.45) is 0 Å². The Kier molecular flexibility index (Phi) is 2.87. The Morgan fingerprint density at radius 1 is 1.42 bits per heavy atom. The van der Waals surface area contributed by atoms with E-state index in [0.717, 1.165) is 0 Å². The van der Waals surface area contributed by atoms with Gasteiger partial charge in [0.05, 0.1) is 0 Å². The van der Waals surface area contributed by atoms with Crippen molar-refractivity contribution >= 4 is 5.57 Å². The molecule has 0 spiro atoms. The molecule has 1 aromatic rings. The fraction of sp³-hybridized carbons (Fsp3) is 0.167. The Hall–Kier alpha value is -1.30. The fourth-order valence-corrected chi connectivity index (χ4v) is 1.16. The molecule has 1 rings (SSSR count). The maximum atomic E-state index is 3.67. The van der Waals surface area contributed by atoms with Crippen LogP contribution in [-0.2, 0) is 0 Å². The predicted molar refractivity (Wildman–Crippen MR) is 55.0 cm³/mol. The van der Waals surface area contributed by atoms with Gasteiger partial charge in [0.15, 0.2) is 0 Å². The van der Waals surface area contributed by atoms with Crippen molar-refractivity contribution in [1.82, 2.24) is 0 Å². The molecule has 0 aromatic heterocycles. The van der Waals surface area contributed by atoms with Crippen molar-refractivity contribution in [3.63, 3.8) is 0 Å². The van der Waals surface area contributed by atoms with Gasteiger partial charge < -0.3 is 0 Å². The summed E-state index contributed by atoms with van der Waals surface area (Å²) in [4.78, 5) is 0. The average Bonchev–Trinajstić information content (AvgIpc) is 2.05. The van der Waals surface area contributed by atoms with Crippen LogP contribution in [0.2, 0.25) is 0 Å². The quantitative estimate of drug-likeness (QED) is 0.577. The Morgan fingerprint density at radius 2 is 2.17 bits per heavy atom. The molecule has 0 saturated heterocycles. The van der Waals surface area contributed by atoms with E-state index >= 15 is 0 Å². The molecule has 0 amide bonds. The third kappa shape index (κ3) is 2.09. The zero-order valence-corrected chi connectivity index (χ0v) is 7.67. The summed E-state index contributed by atoms with van der Waals surface area (Å²) in [6.07, 6.45) is 3.84. The summed E-state index contributed by atoms with van der Waals surface area (Å²) in [5.41, 5.74) is 3.83. The number of hydrogen-bond donors (Lipinski definition) is 0. The smallest absolute Gasteiger partial charge is 0.0225 e. The minimum atomic E-state index is 1.26. The monoisotopic (exact) mass is 158 g/mol. The fourth-order valence-electron chi connectivity index (χ4n) is 1.16. The maximum Gasteiger partial charge on any atom is -0.0225 e. The summed E-state index contributed by atoms with van der Waals surface area (Å²) in [6, 6.07) is 8.47. The van der Waals surface area contributed by atoms with E-state index in [4.69, 9.17) is 0 Å². The molecule has 0 atom stereocenters. The largest absolute Gasteiger partial charge is 0.0991 e. The van der Waals surface area contributed by atoms with Crippen molar-refractivity contribution in [3.8, 4) is 0 Å². The first-order valence-corrected chi connectivity index (χ1v) is 4.10. The maximum absolute atomic E-state index is 3.67. The molecule has 12 heavy (non-hydrogen) atoms. The summed E-state index contributed by atoms with van der Waals surface area (Å²) in [6.45, 7) is 7.87. The van der Waals surface area contributed by atoms with E-state index < -0.39 is 0 Å². The summed E-state index contributed by atoms with van der Waals surface area (Å²) >= 11 is 0. The zero-order chi connectivity index (χ0) is 8.97. The van der Waals surface area contributed by atoms with Crippen LogP contribution in [0.15, 0.2) is 43.0 Å². The standard InChI is InChI=1S/C12H14/c1-4-6-11(3)12-8-5-7-10(2)9-12/h4-9H,1H2,2-3H3/b11-6-. The lowest BCUT2D eigenvalue weighted by Gasteiger charge is -2.00. The Labute approximate surface area is 74.2 Å². The van der Waals surface area contributed by atoms with Gasteiger partial charge in [-0.15, -0.1) is 0 Å². The minimum Gasteiger partial charge on any atom is -0.0991 e. The number of rotatable bonds is 2. The van der Waals surface area contributed by atoms with Crippen molar-refractivity contribution < 1.29 is 0 Å². The van der Waals surface area contributed by atoms with Gasteiger partial charge in [-0.05, 0) is 25.0 Å². The van der Waals surface area contributed by atoms with E-state index in [1.807, 2.05) is 12.2 Å². The number of aryl methyl sites for hydroxylation is 1. The summed E-state index contributed by atoms with van der Waals surface area (Å²) in [5, 5.41) is 0. The highest BCUT2D eigenvalue weighted by molar-refractivity contribution is 5.65. The molecule has 0 aliphatic rings. The van der Waals surface area contributed by atoms with Crippen molar-refractivity contribution in [3.05, 3.63) is 54.1 Å². The van der Waals surface area contributed by atoms with Crippen LogP contribution in [0, 0.1) is 6.92 Å². The van der Waals surface area contributed by atoms with Gasteiger partial charge in [0.1, 0.15) is 0 Å². The third-order valence-electron chi connectivity index (χ3n) is 1.84. The van der Waals surface area contributed by atoms with Crippen LogP contribution in [-0.4, -0.2) is 0 Å². The van der Waals surface area contributed by atoms with E-state index in [-0.39, 0.29) is 0 Å². The summed E-state index contributed by atoms with van der Waals surface area (Å²) < 4.78 is 0. The highest BCUT2D eigenvalue weighted by Gasteiger charge is 1.92. The molecule has 62 valence electrons. The molecule has 0 heterocycles. The topological polar surface area (TPSA) is 0 Å². The SMILES string of the molecule is C=C/C=C(/C)c1cccc(C)c1. The lowest BCUT2D eigenvalue weighted by Crippen LogP contribution is -1.79. The molecule has 0 nitrogen and oxygen atoms in total. The number of allylic oxidation sites excluding steroid dienone is 3. The van der Waals surface area contributed by atoms with E-state index in [0.29, 0.717) is 0 Å². The highest BCUT2D eigenvalue weighted by Crippen LogP contribution is 2.14. The van der Waals surface area contributed by atoms with Crippen LogP contribution in [0.3, 0.4) is 0 Å². The first-order chi connectivity index (χ1) is 5.74. The minimum absolute atomic E-state index is 1.26. The molecule has 0 radical (unpaired) electrons. The van der Waals surface area contributed by atoms with Crippen molar-refractivity contribution in [2.45, 2.75) is 13.8 Å². The molecule has 0 bridgehead atoms. The Morgan fingerprint density at radius 3 is 2.75 bits per heavy atom. The van der Waals surface area contributed by atoms with Gasteiger partial charge in [-0.3, -0.25) is 0 Å². The molecule has 0 N–H and O–H groups in total. The van der Waals surface area contributed by atoms with Crippen molar-refractivity contribution in [2.75, 3.05) is 0 Å². The van der Waals surface area contributed by atoms with E-state index in [2.05, 4.69) is 44.7 Å². The first kappa shape index (κ1) is 8.79. The van der Waals surface area contributed by atoms with Gasteiger partial charge >= 0.3 is 0 Å². The second-order valence-electron chi connectivity index (χ2n) is 2.95. The number of hydrogen-bond acceptors (Lipinski definition) is 0. The van der Waals surface area contributed by atoms with Gasteiger partial charge in [0, 0.05) is 0 Å². The molecule has 0 fully saturated rings. The first-order valence-electron chi connectivity index (χ1n) is 4.10. The molecular formula is C12H14. The summed E-state index contributed by atoms with van der Waals surface area (Å²) in [5.74, 6) is 0. The third-order valence-corrected chi connectivity index (χ3v) is 1.84. The predicted octanol–water partition coefficient (Wildman–Crippen LogP) is 3.58. The molecule has 0 heteroatoms. The lowest BCUT2D eigenvalue weighted by atomic mass is 10.1. The molecule has 0 aliphatic heterocycles. The zero-order valence-electron chi connectivity index (χ0n) is 7.67. The van der Waals surface area contributed by atoms with Crippen LogP contribution in [0.4, 0.5) is 0 Å². The second kappa shape index (κ2) is 3.91. The Bertz CT molecular complexity index is 306. The van der Waals surface area contributed by atoms with Crippen LogP contribution in [0.25, 0.3) is 5.57 Å². The molecule has 0 saturated carbocycles. The summed E-state index contributed by atoms with van der Waals surface area (Å²) in [7, 11) is 0. The van der Waals surface area contributed by atoms with E-state index in [9.17, 15) is 0 Å². The van der Waals surface area contributed by atoms with Crippen LogP contribution in [0.5, 0.6) is 0 Å². The Balaban J connectivity index is 3.03. The van der Waals surface area contributed by atoms with Crippen LogP contribution >= 0.6 is 0 Å². The second-order valence-corrected chi connectivity index (χ2v) is 2.95. The molecular weight excluding hydrogens is 144 g/mol. The molecule has 0 unspecified atom stereocenters. The molecule has 1 aromatic carbocycles.